The van der Waals surface area contributed by atoms with Crippen LogP contribution in [0.5, 0.6) is 0 Å². The molecule has 0 aromatic heterocycles. The van der Waals surface area contributed by atoms with Crippen LogP contribution in [-0.4, -0.2) is 19.1 Å². The van der Waals surface area contributed by atoms with Gasteiger partial charge in [0.15, 0.2) is 0 Å². The van der Waals surface area contributed by atoms with Gasteiger partial charge >= 0.3 is 5.97 Å². The Bertz CT molecular complexity index is 385. The number of carbonyl (C=O) groups is 1. The molecule has 0 fully saturated rings. The fraction of sp³-hybridized carbons (Fsp3) is 0.417. The van der Waals surface area contributed by atoms with E-state index < -0.39 is 14.0 Å². The quantitative estimate of drug-likeness (QED) is 0.855. The average molecular weight is 301 g/mol. The number of halogens is 1. The number of benzene rings is 1. The molecule has 0 aliphatic carbocycles. The van der Waals surface area contributed by atoms with Gasteiger partial charge in [-0.3, -0.25) is 4.79 Å². The summed E-state index contributed by atoms with van der Waals surface area (Å²) in [6, 6.07) is 8.35. The van der Waals surface area contributed by atoms with E-state index in [1.54, 1.807) is 0 Å². The zero-order valence-corrected chi connectivity index (χ0v) is 12.4. The van der Waals surface area contributed by atoms with Gasteiger partial charge in [-0.05, 0) is 17.7 Å². The highest BCUT2D eigenvalue weighted by molar-refractivity contribution is 9.10. The second kappa shape index (κ2) is 5.14. The van der Waals surface area contributed by atoms with Gasteiger partial charge in [-0.1, -0.05) is 53.8 Å². The monoisotopic (exact) mass is 300 g/mol. The molecule has 0 radical (unpaired) electrons. The predicted molar refractivity (Wildman–Crippen MR) is 72.7 cm³/mol. The third kappa shape index (κ3) is 3.76. The minimum atomic E-state index is -1.39. The van der Waals surface area contributed by atoms with Crippen LogP contribution in [-0.2, 0) is 4.79 Å². The molecule has 0 bridgehead atoms. The third-order valence-corrected chi connectivity index (χ3v) is 4.75. The van der Waals surface area contributed by atoms with Gasteiger partial charge in [0.1, 0.15) is 0 Å². The first kappa shape index (κ1) is 13.5. The largest absolute Gasteiger partial charge is 0.481 e. The van der Waals surface area contributed by atoms with Crippen molar-refractivity contribution in [2.24, 2.45) is 0 Å². The van der Waals surface area contributed by atoms with Crippen molar-refractivity contribution in [2.75, 3.05) is 0 Å². The molecule has 0 saturated carbocycles. The number of hydrogen-bond donors (Lipinski definition) is 1. The summed E-state index contributed by atoms with van der Waals surface area (Å²) < 4.78 is 0.889. The molecule has 16 heavy (non-hydrogen) atoms. The highest BCUT2D eigenvalue weighted by Gasteiger charge is 2.28. The number of carboxylic acids is 1. The highest BCUT2D eigenvalue weighted by Crippen LogP contribution is 2.31. The zero-order valence-electron chi connectivity index (χ0n) is 9.83. The molecule has 0 aliphatic rings. The van der Waals surface area contributed by atoms with Gasteiger partial charge in [0.05, 0.1) is 5.92 Å². The minimum Gasteiger partial charge on any atom is -0.481 e. The van der Waals surface area contributed by atoms with Gasteiger partial charge < -0.3 is 5.11 Å². The summed E-state index contributed by atoms with van der Waals surface area (Å²) in [4.78, 5) is 11.3. The van der Waals surface area contributed by atoms with E-state index in [1.165, 1.54) is 0 Å². The normalized spacial score (nSPS) is 13.5. The van der Waals surface area contributed by atoms with E-state index in [0.29, 0.717) is 0 Å². The van der Waals surface area contributed by atoms with Crippen molar-refractivity contribution in [1.82, 2.24) is 0 Å². The molecule has 2 nitrogen and oxygen atoms in total. The lowest BCUT2D eigenvalue weighted by molar-refractivity contribution is -0.138. The molecule has 1 unspecified atom stereocenters. The van der Waals surface area contributed by atoms with Crippen LogP contribution in [0.15, 0.2) is 28.7 Å². The van der Waals surface area contributed by atoms with Crippen LogP contribution in [0, 0.1) is 0 Å². The summed E-state index contributed by atoms with van der Waals surface area (Å²) in [5.74, 6) is -1.11. The third-order valence-electron chi connectivity index (χ3n) is 2.40. The second-order valence-corrected chi connectivity index (χ2v) is 11.6. The van der Waals surface area contributed by atoms with E-state index in [9.17, 15) is 9.90 Å². The fourth-order valence-corrected chi connectivity index (χ4v) is 3.88. The Morgan fingerprint density at radius 3 is 2.38 bits per heavy atom. The van der Waals surface area contributed by atoms with Gasteiger partial charge in [-0.15, -0.1) is 0 Å². The summed E-state index contributed by atoms with van der Waals surface area (Å²) in [6.45, 7) is 6.58. The summed E-state index contributed by atoms with van der Waals surface area (Å²) in [5, 5.41) is 9.32. The number of hydrogen-bond acceptors (Lipinski definition) is 1. The van der Waals surface area contributed by atoms with E-state index in [4.69, 9.17) is 0 Å². The molecule has 1 aromatic rings. The lowest BCUT2D eigenvalue weighted by Gasteiger charge is -2.22. The van der Waals surface area contributed by atoms with Crippen LogP contribution in [0.25, 0.3) is 0 Å². The SMILES string of the molecule is C[Si](C)(C)CC(C(=O)O)c1ccccc1Br. The van der Waals surface area contributed by atoms with Crippen molar-refractivity contribution in [3.8, 4) is 0 Å². The smallest absolute Gasteiger partial charge is 0.310 e. The van der Waals surface area contributed by atoms with Crippen LogP contribution in [0.3, 0.4) is 0 Å². The molecule has 0 amide bonds. The van der Waals surface area contributed by atoms with E-state index in [1.807, 2.05) is 24.3 Å². The van der Waals surface area contributed by atoms with Crippen LogP contribution >= 0.6 is 15.9 Å². The van der Waals surface area contributed by atoms with E-state index in [-0.39, 0.29) is 5.92 Å². The van der Waals surface area contributed by atoms with Crippen LogP contribution in [0.1, 0.15) is 11.5 Å². The fourth-order valence-electron chi connectivity index (χ4n) is 1.70. The Balaban J connectivity index is 3.04. The van der Waals surface area contributed by atoms with E-state index in [2.05, 4.69) is 35.6 Å². The number of rotatable bonds is 4. The molecule has 0 spiro atoms. The maximum absolute atomic E-state index is 11.3. The molecule has 0 saturated heterocycles. The van der Waals surface area contributed by atoms with Gasteiger partial charge in [0, 0.05) is 12.5 Å². The molecular formula is C12H17BrO2Si. The molecule has 88 valence electrons. The maximum atomic E-state index is 11.3. The summed E-state index contributed by atoms with van der Waals surface area (Å²) >= 11 is 3.42. The van der Waals surface area contributed by atoms with Crippen molar-refractivity contribution in [1.29, 1.82) is 0 Å². The lowest BCUT2D eigenvalue weighted by atomic mass is 10.0. The van der Waals surface area contributed by atoms with E-state index >= 15 is 0 Å². The van der Waals surface area contributed by atoms with Gasteiger partial charge in [0.25, 0.3) is 0 Å². The van der Waals surface area contributed by atoms with Crippen molar-refractivity contribution < 1.29 is 9.90 Å². The minimum absolute atomic E-state index is 0.387. The van der Waals surface area contributed by atoms with Crippen molar-refractivity contribution in [2.45, 2.75) is 31.6 Å². The second-order valence-electron chi connectivity index (χ2n) is 5.18. The molecule has 1 atom stereocenters. The molecular weight excluding hydrogens is 284 g/mol. The Kier molecular flexibility index (Phi) is 4.33. The summed E-state index contributed by atoms with van der Waals surface area (Å²) in [5.41, 5.74) is 0.887. The predicted octanol–water partition coefficient (Wildman–Crippen LogP) is 3.96. The molecule has 1 aromatic carbocycles. The molecule has 4 heteroatoms. The van der Waals surface area contributed by atoms with Crippen molar-refractivity contribution in [3.05, 3.63) is 34.3 Å². The first-order valence-electron chi connectivity index (χ1n) is 5.28. The molecule has 1 N–H and O–H groups in total. The van der Waals surface area contributed by atoms with Crippen molar-refractivity contribution in [3.63, 3.8) is 0 Å². The maximum Gasteiger partial charge on any atom is 0.310 e. The Morgan fingerprint density at radius 2 is 1.94 bits per heavy atom. The summed E-state index contributed by atoms with van der Waals surface area (Å²) in [6.07, 6.45) is 0. The van der Waals surface area contributed by atoms with Gasteiger partial charge in [-0.25, -0.2) is 0 Å². The Morgan fingerprint density at radius 1 is 1.38 bits per heavy atom. The summed E-state index contributed by atoms with van der Waals surface area (Å²) in [7, 11) is -1.39. The standard InChI is InChI=1S/C12H17BrO2Si/c1-16(2,3)8-10(12(14)15)9-6-4-5-7-11(9)13/h4-7,10H,8H2,1-3H3,(H,14,15). The Labute approximate surface area is 106 Å². The van der Waals surface area contributed by atoms with Crippen LogP contribution < -0.4 is 0 Å². The van der Waals surface area contributed by atoms with Gasteiger partial charge in [-0.2, -0.15) is 0 Å². The zero-order chi connectivity index (χ0) is 12.3. The molecule has 0 aliphatic heterocycles. The van der Waals surface area contributed by atoms with Crippen LogP contribution in [0.2, 0.25) is 25.7 Å². The van der Waals surface area contributed by atoms with E-state index in [0.717, 1.165) is 16.1 Å². The van der Waals surface area contributed by atoms with Gasteiger partial charge in [0.2, 0.25) is 0 Å². The molecule has 0 heterocycles. The average Bonchev–Trinajstić information content (AvgIpc) is 2.13. The molecule has 1 rings (SSSR count). The van der Waals surface area contributed by atoms with Crippen LogP contribution in [0.4, 0.5) is 0 Å². The first-order valence-corrected chi connectivity index (χ1v) is 9.78. The topological polar surface area (TPSA) is 37.3 Å². The van der Waals surface area contributed by atoms with Crippen molar-refractivity contribution >= 4 is 30.0 Å². The highest BCUT2D eigenvalue weighted by atomic mass is 79.9. The number of carboxylic acid groups (broad SMARTS) is 1. The first-order chi connectivity index (χ1) is 7.31. The number of aliphatic carboxylic acids is 1. The Hall–Kier alpha value is -0.613. The lowest BCUT2D eigenvalue weighted by Crippen LogP contribution is -2.27.